The first-order chi connectivity index (χ1) is 12.6. The molecule has 7 heteroatoms. The van der Waals surface area contributed by atoms with Gasteiger partial charge >= 0.3 is 0 Å². The van der Waals surface area contributed by atoms with Gasteiger partial charge in [0.25, 0.3) is 0 Å². The van der Waals surface area contributed by atoms with E-state index < -0.39 is 0 Å². The number of benzene rings is 1. The average molecular weight is 361 g/mol. The van der Waals surface area contributed by atoms with Crippen LogP contribution in [0.25, 0.3) is 0 Å². The number of carbonyl (C=O) groups is 2. The number of amides is 2. The second-order valence-electron chi connectivity index (χ2n) is 6.81. The average Bonchev–Trinajstić information content (AvgIpc) is 2.96. The second-order valence-corrected chi connectivity index (χ2v) is 6.81. The lowest BCUT2D eigenvalue weighted by molar-refractivity contribution is -0.135. The first-order valence-corrected chi connectivity index (χ1v) is 9.16. The van der Waals surface area contributed by atoms with E-state index in [2.05, 4.69) is 16.3 Å². The number of nitrogens with one attached hydrogen (secondary N) is 1. The summed E-state index contributed by atoms with van der Waals surface area (Å²) in [7, 11) is 3.23. The third kappa shape index (κ3) is 4.27. The lowest BCUT2D eigenvalue weighted by Crippen LogP contribution is -2.42. The van der Waals surface area contributed by atoms with E-state index >= 15 is 0 Å². The van der Waals surface area contributed by atoms with Gasteiger partial charge < -0.3 is 19.7 Å². The van der Waals surface area contributed by atoms with Crippen molar-refractivity contribution >= 4 is 11.8 Å². The van der Waals surface area contributed by atoms with Gasteiger partial charge in [-0.3, -0.25) is 14.5 Å². The highest BCUT2D eigenvalue weighted by Gasteiger charge is 2.29. The number of rotatable bonds is 5. The monoisotopic (exact) mass is 361 g/mol. The smallest absolute Gasteiger partial charge is 0.239 e. The third-order valence-corrected chi connectivity index (χ3v) is 4.94. The van der Waals surface area contributed by atoms with Gasteiger partial charge in [-0.15, -0.1) is 0 Å². The zero-order valence-electron chi connectivity index (χ0n) is 15.5. The maximum absolute atomic E-state index is 12.5. The molecule has 0 bridgehead atoms. The van der Waals surface area contributed by atoms with Crippen molar-refractivity contribution in [1.29, 1.82) is 0 Å². The first-order valence-electron chi connectivity index (χ1n) is 9.16. The highest BCUT2D eigenvalue weighted by molar-refractivity contribution is 5.85. The fourth-order valence-electron chi connectivity index (χ4n) is 3.46. The number of hydrogen-bond donors (Lipinski definition) is 1. The molecule has 0 aromatic heterocycles. The summed E-state index contributed by atoms with van der Waals surface area (Å²) in [5.74, 6) is 1.36. The van der Waals surface area contributed by atoms with Gasteiger partial charge in [0.2, 0.25) is 11.8 Å². The van der Waals surface area contributed by atoms with E-state index in [1.807, 2.05) is 12.1 Å². The number of fused-ring (bicyclic) bond motifs is 1. The number of ether oxygens (including phenoxy) is 2. The van der Waals surface area contributed by atoms with Crippen molar-refractivity contribution in [2.45, 2.75) is 25.3 Å². The highest BCUT2D eigenvalue weighted by atomic mass is 16.5. The summed E-state index contributed by atoms with van der Waals surface area (Å²) in [6, 6.07) is 6.26. The molecule has 1 N–H and O–H groups in total. The Labute approximate surface area is 154 Å². The number of nitrogens with zero attached hydrogens (tertiary/aromatic N) is 2. The molecule has 0 unspecified atom stereocenters. The third-order valence-electron chi connectivity index (χ3n) is 4.94. The molecule has 0 aliphatic carbocycles. The van der Waals surface area contributed by atoms with Crippen molar-refractivity contribution in [2.75, 3.05) is 46.9 Å². The summed E-state index contributed by atoms with van der Waals surface area (Å²) in [6.07, 6.45) is 2.93. The molecule has 2 amide bonds. The van der Waals surface area contributed by atoms with Crippen LogP contribution in [-0.2, 0) is 9.59 Å². The van der Waals surface area contributed by atoms with Crippen LogP contribution in [0.5, 0.6) is 11.5 Å². The van der Waals surface area contributed by atoms with Gasteiger partial charge in [-0.1, -0.05) is 6.07 Å². The molecule has 2 aliphatic rings. The largest absolute Gasteiger partial charge is 0.490 e. The summed E-state index contributed by atoms with van der Waals surface area (Å²) < 4.78 is 11.5. The Morgan fingerprint density at radius 2 is 2.00 bits per heavy atom. The topological polar surface area (TPSA) is 71.1 Å². The number of hydrogen-bond acceptors (Lipinski definition) is 5. The molecule has 3 rings (SSSR count). The van der Waals surface area contributed by atoms with Crippen molar-refractivity contribution in [2.24, 2.45) is 0 Å². The minimum absolute atomic E-state index is 0.0464. The van der Waals surface area contributed by atoms with Crippen LogP contribution in [0.3, 0.4) is 0 Å². The van der Waals surface area contributed by atoms with Gasteiger partial charge in [0.05, 0.1) is 26.3 Å². The van der Waals surface area contributed by atoms with Crippen molar-refractivity contribution < 1.29 is 19.1 Å². The molecule has 1 aromatic rings. The van der Waals surface area contributed by atoms with Crippen LogP contribution in [0.4, 0.5) is 0 Å². The Morgan fingerprint density at radius 3 is 2.77 bits per heavy atom. The second kappa shape index (κ2) is 8.40. The fraction of sp³-hybridized carbons (Fsp3) is 0.579. The predicted molar refractivity (Wildman–Crippen MR) is 97.3 cm³/mol. The molecule has 0 spiro atoms. The van der Waals surface area contributed by atoms with Gasteiger partial charge in [0.15, 0.2) is 11.5 Å². The minimum atomic E-state index is -0.165. The molecule has 7 nitrogen and oxygen atoms in total. The van der Waals surface area contributed by atoms with Crippen LogP contribution in [0.2, 0.25) is 0 Å². The minimum Gasteiger partial charge on any atom is -0.490 e. The predicted octanol–water partition coefficient (Wildman–Crippen LogP) is 1.19. The SMILES string of the molecule is CNC(=O)CN(C)C(=O)CN1CCC[C@H]1c1ccc2c(c1)OCCCO2. The molecule has 2 heterocycles. The van der Waals surface area contributed by atoms with E-state index in [9.17, 15) is 9.59 Å². The standard InChI is InChI=1S/C19H27N3O4/c1-20-18(23)12-21(2)19(24)13-22-8-3-5-15(22)14-6-7-16-17(11-14)26-10-4-9-25-16/h6-7,11,15H,3-5,8-10,12-13H2,1-2H3,(H,20,23)/t15-/m0/s1. The van der Waals surface area contributed by atoms with Crippen molar-refractivity contribution in [3.8, 4) is 11.5 Å². The molecule has 26 heavy (non-hydrogen) atoms. The van der Waals surface area contributed by atoms with Crippen LogP contribution < -0.4 is 14.8 Å². The number of likely N-dealkylation sites (N-methyl/N-ethyl adjacent to an activating group) is 2. The summed E-state index contributed by atoms with van der Waals surface area (Å²) >= 11 is 0. The number of carbonyl (C=O) groups excluding carboxylic acids is 2. The highest BCUT2D eigenvalue weighted by Crippen LogP contribution is 2.37. The van der Waals surface area contributed by atoms with Crippen LogP contribution in [0.1, 0.15) is 30.9 Å². The molecule has 1 aromatic carbocycles. The van der Waals surface area contributed by atoms with Gasteiger partial charge in [-0.2, -0.15) is 0 Å². The zero-order valence-corrected chi connectivity index (χ0v) is 15.5. The van der Waals surface area contributed by atoms with Crippen molar-refractivity contribution in [3.63, 3.8) is 0 Å². The van der Waals surface area contributed by atoms with Crippen molar-refractivity contribution in [1.82, 2.24) is 15.1 Å². The van der Waals surface area contributed by atoms with Crippen LogP contribution in [0.15, 0.2) is 18.2 Å². The van der Waals surface area contributed by atoms with E-state index in [4.69, 9.17) is 9.47 Å². The molecule has 2 aliphatic heterocycles. The summed E-state index contributed by atoms with van der Waals surface area (Å²) in [5.41, 5.74) is 1.15. The zero-order chi connectivity index (χ0) is 18.5. The summed E-state index contributed by atoms with van der Waals surface area (Å²) in [6.45, 7) is 2.60. The molecular formula is C19H27N3O4. The van der Waals surface area contributed by atoms with E-state index in [0.29, 0.717) is 19.8 Å². The maximum atomic E-state index is 12.5. The van der Waals surface area contributed by atoms with E-state index in [1.165, 1.54) is 4.90 Å². The van der Waals surface area contributed by atoms with Gasteiger partial charge in [-0.05, 0) is 37.1 Å². The molecule has 1 saturated heterocycles. The Bertz CT molecular complexity index is 664. The maximum Gasteiger partial charge on any atom is 0.239 e. The summed E-state index contributed by atoms with van der Waals surface area (Å²) in [4.78, 5) is 27.6. The Hall–Kier alpha value is -2.28. The van der Waals surface area contributed by atoms with E-state index in [-0.39, 0.29) is 24.4 Å². The lowest BCUT2D eigenvalue weighted by Gasteiger charge is -2.27. The Balaban J connectivity index is 1.67. The Morgan fingerprint density at radius 1 is 1.23 bits per heavy atom. The fourth-order valence-corrected chi connectivity index (χ4v) is 3.46. The van der Waals surface area contributed by atoms with E-state index in [1.54, 1.807) is 14.1 Å². The van der Waals surface area contributed by atoms with E-state index in [0.717, 1.165) is 42.9 Å². The first kappa shape index (κ1) is 18.5. The van der Waals surface area contributed by atoms with Crippen LogP contribution >= 0.6 is 0 Å². The van der Waals surface area contributed by atoms with Crippen LogP contribution in [0, 0.1) is 0 Å². The van der Waals surface area contributed by atoms with Gasteiger partial charge in [0, 0.05) is 26.6 Å². The van der Waals surface area contributed by atoms with Gasteiger partial charge in [-0.25, -0.2) is 0 Å². The molecule has 0 radical (unpaired) electrons. The molecule has 1 fully saturated rings. The normalized spacial score (nSPS) is 19.7. The molecule has 142 valence electrons. The quantitative estimate of drug-likeness (QED) is 0.853. The molecular weight excluding hydrogens is 334 g/mol. The van der Waals surface area contributed by atoms with Crippen molar-refractivity contribution in [3.05, 3.63) is 23.8 Å². The molecule has 0 saturated carbocycles. The number of likely N-dealkylation sites (tertiary alicyclic amines) is 1. The lowest BCUT2D eigenvalue weighted by atomic mass is 10.0. The Kier molecular flexibility index (Phi) is 5.98. The molecule has 1 atom stereocenters. The summed E-state index contributed by atoms with van der Waals surface area (Å²) in [5, 5.41) is 2.54. The van der Waals surface area contributed by atoms with Crippen LogP contribution in [-0.4, -0.2) is 68.6 Å². The van der Waals surface area contributed by atoms with Gasteiger partial charge in [0.1, 0.15) is 0 Å².